The van der Waals surface area contributed by atoms with Crippen molar-refractivity contribution in [2.45, 2.75) is 26.7 Å². The van der Waals surface area contributed by atoms with Crippen molar-refractivity contribution < 1.29 is 14.2 Å². The third-order valence-electron chi connectivity index (χ3n) is 5.75. The van der Waals surface area contributed by atoms with Crippen LogP contribution in [0, 0.1) is 13.8 Å². The van der Waals surface area contributed by atoms with E-state index in [1.165, 1.54) is 5.69 Å². The summed E-state index contributed by atoms with van der Waals surface area (Å²) in [5.41, 5.74) is 4.67. The second-order valence-corrected chi connectivity index (χ2v) is 8.35. The topological polar surface area (TPSA) is 123 Å². The summed E-state index contributed by atoms with van der Waals surface area (Å²) in [5, 5.41) is 10.0. The summed E-state index contributed by atoms with van der Waals surface area (Å²) in [5.74, 6) is 1.77. The zero-order valence-electron chi connectivity index (χ0n) is 20.5. The number of aryl methyl sites for hydroxylation is 2. The van der Waals surface area contributed by atoms with Gasteiger partial charge in [0.15, 0.2) is 0 Å². The maximum atomic E-state index is 10.7. The van der Waals surface area contributed by atoms with Crippen LogP contribution < -0.4 is 5.32 Å². The number of rotatable bonds is 7. The number of aliphatic imine (C=N–C) groups is 1. The van der Waals surface area contributed by atoms with E-state index in [-0.39, 0.29) is 5.92 Å². The Kier molecular flexibility index (Phi) is 7.81. The van der Waals surface area contributed by atoms with Gasteiger partial charge in [-0.3, -0.25) is 9.69 Å². The van der Waals surface area contributed by atoms with Crippen LogP contribution in [0.15, 0.2) is 63.5 Å². The van der Waals surface area contributed by atoms with Gasteiger partial charge in [-0.2, -0.15) is 4.98 Å². The molecular formula is C25H28N8O3. The number of imidazole rings is 1. The molecule has 11 nitrogen and oxygen atoms in total. The average molecular weight is 489 g/mol. The quantitative estimate of drug-likeness (QED) is 0.182. The number of nitrogens with one attached hydrogen (secondary N) is 1. The number of carbonyl (C=O) groups excluding carboxylic acids is 1. The monoisotopic (exact) mass is 488 g/mol. The van der Waals surface area contributed by atoms with Crippen molar-refractivity contribution in [1.29, 1.82) is 0 Å². The van der Waals surface area contributed by atoms with Crippen molar-refractivity contribution >= 4 is 30.4 Å². The Balaban J connectivity index is 0.000000251. The molecule has 1 aliphatic heterocycles. The highest BCUT2D eigenvalue weighted by atomic mass is 16.6. The van der Waals surface area contributed by atoms with Gasteiger partial charge in [-0.05, 0) is 37.6 Å². The summed E-state index contributed by atoms with van der Waals surface area (Å²) in [6.07, 6.45) is 4.53. The normalized spacial score (nSPS) is 14.0. The molecule has 1 amide bonds. The molecule has 0 bridgehead atoms. The van der Waals surface area contributed by atoms with Crippen molar-refractivity contribution in [1.82, 2.24) is 24.4 Å². The molecule has 1 fully saturated rings. The number of likely N-dealkylation sites (tertiary alicyclic amines) is 1. The molecule has 186 valence electrons. The molecule has 1 aromatic carbocycles. The van der Waals surface area contributed by atoms with Gasteiger partial charge in [-0.1, -0.05) is 28.5 Å². The van der Waals surface area contributed by atoms with Gasteiger partial charge in [0.2, 0.25) is 24.0 Å². The van der Waals surface area contributed by atoms with Gasteiger partial charge < -0.3 is 19.1 Å². The van der Waals surface area contributed by atoms with E-state index in [0.29, 0.717) is 30.7 Å². The Bertz CT molecular complexity index is 1370. The average Bonchev–Trinajstić information content (AvgIpc) is 3.48. The van der Waals surface area contributed by atoms with E-state index >= 15 is 0 Å². The van der Waals surface area contributed by atoms with Crippen LogP contribution in [-0.2, 0) is 9.63 Å². The highest BCUT2D eigenvalue weighted by Crippen LogP contribution is 2.28. The van der Waals surface area contributed by atoms with Crippen molar-refractivity contribution in [2.75, 3.05) is 25.1 Å². The molecule has 1 saturated heterocycles. The summed E-state index contributed by atoms with van der Waals surface area (Å²) in [6, 6.07) is 11.6. The van der Waals surface area contributed by atoms with Crippen molar-refractivity contribution in [2.24, 2.45) is 10.1 Å². The molecule has 0 spiro atoms. The maximum absolute atomic E-state index is 10.7. The molecule has 4 heterocycles. The third kappa shape index (κ3) is 5.81. The zero-order chi connectivity index (χ0) is 25.5. The Morgan fingerprint density at radius 1 is 1.31 bits per heavy atom. The summed E-state index contributed by atoms with van der Waals surface area (Å²) in [6.45, 7) is 11.0. The predicted molar refractivity (Wildman–Crippen MR) is 137 cm³/mol. The number of hydrogen-bond donors (Lipinski definition) is 1. The molecule has 0 atom stereocenters. The van der Waals surface area contributed by atoms with E-state index in [1.54, 1.807) is 6.92 Å². The van der Waals surface area contributed by atoms with Crippen LogP contribution in [-0.4, -0.2) is 63.2 Å². The fraction of sp³-hybridized carbons (Fsp3) is 0.280. The van der Waals surface area contributed by atoms with Gasteiger partial charge in [0.1, 0.15) is 5.65 Å². The molecule has 1 aliphatic rings. The smallest absolute Gasteiger partial charge is 0.232 e. The van der Waals surface area contributed by atoms with E-state index in [1.807, 2.05) is 62.6 Å². The number of aromatic nitrogens is 4. The van der Waals surface area contributed by atoms with Gasteiger partial charge in [0.25, 0.3) is 0 Å². The zero-order valence-corrected chi connectivity index (χ0v) is 20.5. The number of benzene rings is 1. The Labute approximate surface area is 208 Å². The van der Waals surface area contributed by atoms with E-state index in [2.05, 4.69) is 46.6 Å². The van der Waals surface area contributed by atoms with E-state index in [9.17, 15) is 4.79 Å². The van der Waals surface area contributed by atoms with Gasteiger partial charge in [-0.25, -0.2) is 9.98 Å². The molecule has 0 saturated carbocycles. The minimum atomic E-state index is 0.184. The first-order valence-electron chi connectivity index (χ1n) is 11.4. The lowest BCUT2D eigenvalue weighted by molar-refractivity contribution is -0.105. The molecule has 5 rings (SSSR count). The third-order valence-corrected chi connectivity index (χ3v) is 5.75. The Morgan fingerprint density at radius 2 is 2.14 bits per heavy atom. The lowest BCUT2D eigenvalue weighted by atomic mass is 10.0. The predicted octanol–water partition coefficient (Wildman–Crippen LogP) is 3.66. The van der Waals surface area contributed by atoms with Gasteiger partial charge in [-0.15, -0.1) is 0 Å². The molecule has 0 aliphatic carbocycles. The second kappa shape index (κ2) is 11.4. The number of amides is 1. The first kappa shape index (κ1) is 24.7. The molecular weight excluding hydrogens is 460 g/mol. The fourth-order valence-electron chi connectivity index (χ4n) is 3.72. The number of oxime groups is 1. The second-order valence-electron chi connectivity index (χ2n) is 8.35. The van der Waals surface area contributed by atoms with Crippen molar-refractivity contribution in [3.8, 4) is 11.4 Å². The van der Waals surface area contributed by atoms with E-state index in [0.717, 1.165) is 35.6 Å². The molecule has 11 heteroatoms. The first-order valence-corrected chi connectivity index (χ1v) is 11.4. The van der Waals surface area contributed by atoms with Crippen LogP contribution in [0.2, 0.25) is 0 Å². The van der Waals surface area contributed by atoms with E-state index in [4.69, 9.17) is 9.36 Å². The number of pyridine rings is 1. The number of nitrogens with zero attached hydrogens (tertiary/aromatic N) is 7. The SMILES string of the molecule is C=NO/C(C)=N\CN1CC(c2nc(-c3ccc(C)c(NC=O)c3)no2)C1.Cc1cnc2ccccn12. The van der Waals surface area contributed by atoms with Gasteiger partial charge >= 0.3 is 0 Å². The molecule has 3 aromatic heterocycles. The van der Waals surface area contributed by atoms with Crippen LogP contribution in [0.5, 0.6) is 0 Å². The summed E-state index contributed by atoms with van der Waals surface area (Å²) >= 11 is 0. The minimum Gasteiger partial charge on any atom is -0.343 e. The van der Waals surface area contributed by atoms with Crippen molar-refractivity contribution in [3.63, 3.8) is 0 Å². The van der Waals surface area contributed by atoms with Crippen LogP contribution >= 0.6 is 0 Å². The molecule has 0 radical (unpaired) electrons. The minimum absolute atomic E-state index is 0.184. The lowest BCUT2D eigenvalue weighted by Crippen LogP contribution is -2.45. The van der Waals surface area contributed by atoms with Gasteiger partial charge in [0.05, 0.1) is 12.6 Å². The summed E-state index contributed by atoms with van der Waals surface area (Å²) in [4.78, 5) is 30.5. The number of anilines is 1. The first-order chi connectivity index (χ1) is 17.5. The number of carbonyl (C=O) groups is 1. The highest BCUT2D eigenvalue weighted by molar-refractivity contribution is 5.76. The number of hydrogen-bond acceptors (Lipinski definition) is 9. The van der Waals surface area contributed by atoms with Crippen LogP contribution in [0.1, 0.15) is 30.0 Å². The standard InChI is InChI=1S/C17H20N6O3.C8H8N2/c1-11-4-5-13(6-15(11)20-10-24)16-21-17(26-22-16)14-7-23(8-14)9-19-12(2)25-18-3;1-7-6-9-8-4-2-3-5-10(7)8/h4-6,10,14H,3,7-9H2,1-2H3,(H,20,24);2-6H,1H3/b19-12-;. The molecule has 0 unspecified atom stereocenters. The van der Waals surface area contributed by atoms with E-state index < -0.39 is 0 Å². The largest absolute Gasteiger partial charge is 0.343 e. The molecule has 1 N–H and O–H groups in total. The van der Waals surface area contributed by atoms with Crippen molar-refractivity contribution in [3.05, 3.63) is 65.9 Å². The van der Waals surface area contributed by atoms with Crippen LogP contribution in [0.4, 0.5) is 5.69 Å². The Morgan fingerprint density at radius 3 is 2.89 bits per heavy atom. The van der Waals surface area contributed by atoms with Gasteiger partial charge in [0, 0.05) is 56.1 Å². The van der Waals surface area contributed by atoms with Crippen LogP contribution in [0.3, 0.4) is 0 Å². The van der Waals surface area contributed by atoms with Crippen LogP contribution in [0.25, 0.3) is 17.0 Å². The highest BCUT2D eigenvalue weighted by Gasteiger charge is 2.32. The Hall–Kier alpha value is -4.38. The lowest BCUT2D eigenvalue weighted by Gasteiger charge is -2.35. The molecule has 36 heavy (non-hydrogen) atoms. The number of fused-ring (bicyclic) bond motifs is 1. The maximum Gasteiger partial charge on any atom is 0.232 e. The summed E-state index contributed by atoms with van der Waals surface area (Å²) < 4.78 is 7.46. The summed E-state index contributed by atoms with van der Waals surface area (Å²) in [7, 11) is 0. The fourth-order valence-corrected chi connectivity index (χ4v) is 3.72. The molecule has 4 aromatic rings.